The Bertz CT molecular complexity index is 939. The molecule has 1 heterocycles. The first kappa shape index (κ1) is 18.7. The third-order valence-electron chi connectivity index (χ3n) is 4.13. The summed E-state index contributed by atoms with van der Waals surface area (Å²) in [6.45, 7) is 2.83. The summed E-state index contributed by atoms with van der Waals surface area (Å²) in [5.74, 6) is 1.24. The van der Waals surface area contributed by atoms with Gasteiger partial charge in [-0.2, -0.15) is 0 Å². The van der Waals surface area contributed by atoms with Gasteiger partial charge in [0.05, 0.1) is 30.5 Å². The highest BCUT2D eigenvalue weighted by molar-refractivity contribution is 6.06. The maximum absolute atomic E-state index is 12.7. The third-order valence-corrected chi connectivity index (χ3v) is 4.13. The lowest BCUT2D eigenvalue weighted by Crippen LogP contribution is -2.14. The molecule has 0 radical (unpaired) electrons. The Morgan fingerprint density at radius 3 is 2.44 bits per heavy atom. The molecule has 0 saturated heterocycles. The van der Waals surface area contributed by atoms with E-state index in [4.69, 9.17) is 14.2 Å². The van der Waals surface area contributed by atoms with Gasteiger partial charge in [-0.25, -0.2) is 0 Å². The van der Waals surface area contributed by atoms with Gasteiger partial charge in [0.25, 0.3) is 5.91 Å². The number of fused-ring (bicyclic) bond motifs is 1. The quantitative estimate of drug-likeness (QED) is 0.644. The number of pyridine rings is 1. The van der Waals surface area contributed by atoms with E-state index in [1.54, 1.807) is 26.4 Å². The van der Waals surface area contributed by atoms with Crippen LogP contribution in [0.4, 0.5) is 5.69 Å². The van der Waals surface area contributed by atoms with Crippen LogP contribution in [0.2, 0.25) is 0 Å². The Kier molecular flexibility index (Phi) is 5.88. The molecule has 1 N–H and O–H groups in total. The van der Waals surface area contributed by atoms with Crippen LogP contribution in [-0.2, 0) is 4.74 Å². The van der Waals surface area contributed by atoms with Crippen molar-refractivity contribution in [3.05, 3.63) is 59.8 Å². The number of nitrogens with zero attached hydrogens (tertiary/aromatic N) is 1. The highest BCUT2D eigenvalue weighted by Crippen LogP contribution is 2.23. The number of amides is 1. The number of benzene rings is 2. The highest BCUT2D eigenvalue weighted by Gasteiger charge is 2.12. The Morgan fingerprint density at radius 1 is 1.00 bits per heavy atom. The van der Waals surface area contributed by atoms with Crippen LogP contribution in [-0.4, -0.2) is 38.3 Å². The van der Waals surface area contributed by atoms with Crippen LogP contribution in [0.25, 0.3) is 10.9 Å². The summed E-state index contributed by atoms with van der Waals surface area (Å²) in [5.41, 5.74) is 2.70. The first-order valence-corrected chi connectivity index (χ1v) is 8.59. The smallest absolute Gasteiger partial charge is 0.257 e. The molecule has 1 amide bonds. The van der Waals surface area contributed by atoms with Gasteiger partial charge in [-0.05, 0) is 55.5 Å². The van der Waals surface area contributed by atoms with Crippen molar-refractivity contribution in [1.82, 2.24) is 4.98 Å². The Labute approximate surface area is 158 Å². The standard InChI is InChI=1S/C21H22N2O4/c1-14-19(13-15-12-18(26-3)8-9-20(15)22-14)21(24)23-16-4-6-17(7-5-16)27-11-10-25-2/h4-9,12-13H,10-11H2,1-3H3,(H,23,24). The fraction of sp³-hybridized carbons (Fsp3) is 0.238. The third kappa shape index (κ3) is 4.54. The number of rotatable bonds is 7. The largest absolute Gasteiger partial charge is 0.497 e. The second-order valence-electron chi connectivity index (χ2n) is 6.00. The molecule has 140 valence electrons. The van der Waals surface area contributed by atoms with Gasteiger partial charge < -0.3 is 19.5 Å². The average molecular weight is 366 g/mol. The normalized spacial score (nSPS) is 10.6. The topological polar surface area (TPSA) is 69.7 Å². The molecule has 0 saturated carbocycles. The molecule has 3 aromatic rings. The fourth-order valence-electron chi connectivity index (χ4n) is 2.68. The molecule has 0 spiro atoms. The minimum absolute atomic E-state index is 0.210. The molecule has 0 atom stereocenters. The van der Waals surface area contributed by atoms with Crippen molar-refractivity contribution in [2.24, 2.45) is 0 Å². The molecule has 0 aliphatic heterocycles. The molecule has 3 rings (SSSR count). The van der Waals surface area contributed by atoms with Crippen LogP contribution in [0.3, 0.4) is 0 Å². The van der Waals surface area contributed by atoms with E-state index in [1.807, 2.05) is 43.3 Å². The molecule has 0 unspecified atom stereocenters. The average Bonchev–Trinajstić information content (AvgIpc) is 2.68. The molecule has 2 aromatic carbocycles. The number of nitrogens with one attached hydrogen (secondary N) is 1. The summed E-state index contributed by atoms with van der Waals surface area (Å²) in [6.07, 6.45) is 0. The van der Waals surface area contributed by atoms with Gasteiger partial charge in [0.1, 0.15) is 18.1 Å². The second kappa shape index (κ2) is 8.51. The summed E-state index contributed by atoms with van der Waals surface area (Å²) < 4.78 is 15.7. The van der Waals surface area contributed by atoms with Gasteiger partial charge in [0.2, 0.25) is 0 Å². The minimum Gasteiger partial charge on any atom is -0.497 e. The van der Waals surface area contributed by atoms with Crippen molar-refractivity contribution in [2.45, 2.75) is 6.92 Å². The number of carbonyl (C=O) groups excluding carboxylic acids is 1. The van der Waals surface area contributed by atoms with E-state index >= 15 is 0 Å². The molecule has 0 aliphatic rings. The van der Waals surface area contributed by atoms with E-state index in [0.29, 0.717) is 30.2 Å². The van der Waals surface area contributed by atoms with Crippen LogP contribution in [0.5, 0.6) is 11.5 Å². The molecule has 0 fully saturated rings. The Balaban J connectivity index is 1.76. The number of hydrogen-bond donors (Lipinski definition) is 1. The zero-order chi connectivity index (χ0) is 19.2. The first-order valence-electron chi connectivity index (χ1n) is 8.59. The van der Waals surface area contributed by atoms with E-state index in [9.17, 15) is 4.79 Å². The number of methoxy groups -OCH3 is 2. The number of carbonyl (C=O) groups is 1. The zero-order valence-corrected chi connectivity index (χ0v) is 15.6. The predicted octanol–water partition coefficient (Wildman–Crippen LogP) is 3.83. The van der Waals surface area contributed by atoms with Crippen LogP contribution < -0.4 is 14.8 Å². The van der Waals surface area contributed by atoms with Crippen molar-refractivity contribution in [2.75, 3.05) is 32.8 Å². The lowest BCUT2D eigenvalue weighted by Gasteiger charge is -2.10. The van der Waals surface area contributed by atoms with Gasteiger partial charge in [-0.3, -0.25) is 9.78 Å². The van der Waals surface area contributed by atoms with Gasteiger partial charge >= 0.3 is 0 Å². The number of aromatic nitrogens is 1. The molecule has 6 nitrogen and oxygen atoms in total. The van der Waals surface area contributed by atoms with E-state index in [0.717, 1.165) is 22.4 Å². The number of ether oxygens (including phenoxy) is 3. The lowest BCUT2D eigenvalue weighted by atomic mass is 10.1. The molecule has 1 aromatic heterocycles. The van der Waals surface area contributed by atoms with Gasteiger partial charge in [0, 0.05) is 18.2 Å². The number of anilines is 1. The summed E-state index contributed by atoms with van der Waals surface area (Å²) in [7, 11) is 3.24. The second-order valence-corrected chi connectivity index (χ2v) is 6.00. The molecule has 6 heteroatoms. The predicted molar refractivity (Wildman–Crippen MR) is 105 cm³/mol. The summed E-state index contributed by atoms with van der Waals surface area (Å²) in [6, 6.07) is 14.6. The maximum Gasteiger partial charge on any atom is 0.257 e. The van der Waals surface area contributed by atoms with Crippen LogP contribution in [0.15, 0.2) is 48.5 Å². The van der Waals surface area contributed by atoms with Crippen molar-refractivity contribution in [1.29, 1.82) is 0 Å². The molecular weight excluding hydrogens is 344 g/mol. The van der Waals surface area contributed by atoms with Gasteiger partial charge in [-0.15, -0.1) is 0 Å². The summed E-state index contributed by atoms with van der Waals surface area (Å²) >= 11 is 0. The molecule has 0 bridgehead atoms. The molecule has 0 aliphatic carbocycles. The van der Waals surface area contributed by atoms with Crippen molar-refractivity contribution < 1.29 is 19.0 Å². The van der Waals surface area contributed by atoms with Crippen LogP contribution in [0, 0.1) is 6.92 Å². The highest BCUT2D eigenvalue weighted by atomic mass is 16.5. The minimum atomic E-state index is -0.210. The monoisotopic (exact) mass is 366 g/mol. The summed E-state index contributed by atoms with van der Waals surface area (Å²) in [5, 5.41) is 3.75. The molecule has 27 heavy (non-hydrogen) atoms. The van der Waals surface area contributed by atoms with Crippen molar-refractivity contribution >= 4 is 22.5 Å². The first-order chi connectivity index (χ1) is 13.1. The van der Waals surface area contributed by atoms with Gasteiger partial charge in [0.15, 0.2) is 0 Å². The van der Waals surface area contributed by atoms with Gasteiger partial charge in [-0.1, -0.05) is 0 Å². The summed E-state index contributed by atoms with van der Waals surface area (Å²) in [4.78, 5) is 17.2. The van der Waals surface area contributed by atoms with Crippen molar-refractivity contribution in [3.8, 4) is 11.5 Å². The number of hydrogen-bond acceptors (Lipinski definition) is 5. The maximum atomic E-state index is 12.7. The fourth-order valence-corrected chi connectivity index (χ4v) is 2.68. The van der Waals surface area contributed by atoms with Crippen molar-refractivity contribution in [3.63, 3.8) is 0 Å². The zero-order valence-electron chi connectivity index (χ0n) is 15.6. The van der Waals surface area contributed by atoms with Crippen LogP contribution in [0.1, 0.15) is 16.1 Å². The lowest BCUT2D eigenvalue weighted by molar-refractivity contribution is 0.102. The number of aryl methyl sites for hydroxylation is 1. The van der Waals surface area contributed by atoms with E-state index in [1.165, 1.54) is 0 Å². The van der Waals surface area contributed by atoms with E-state index in [2.05, 4.69) is 10.3 Å². The van der Waals surface area contributed by atoms with E-state index < -0.39 is 0 Å². The Hall–Kier alpha value is -3.12. The Morgan fingerprint density at radius 2 is 1.74 bits per heavy atom. The SMILES string of the molecule is COCCOc1ccc(NC(=O)c2cc3cc(OC)ccc3nc2C)cc1. The van der Waals surface area contributed by atoms with E-state index in [-0.39, 0.29) is 5.91 Å². The molecular formula is C21H22N2O4. The van der Waals surface area contributed by atoms with Crippen LogP contribution >= 0.6 is 0 Å².